The highest BCUT2D eigenvalue weighted by Gasteiger charge is 2.32. The van der Waals surface area contributed by atoms with Crippen LogP contribution < -0.4 is 0 Å². The van der Waals surface area contributed by atoms with Gasteiger partial charge in [0.05, 0.1) is 5.69 Å². The first-order chi connectivity index (χ1) is 8.58. The number of H-pyrrole nitrogens is 1. The van der Waals surface area contributed by atoms with Crippen molar-refractivity contribution in [1.29, 1.82) is 0 Å². The molecule has 1 aliphatic carbocycles. The molecule has 1 aromatic heterocycles. The minimum absolute atomic E-state index is 0.469. The average molecular weight is 248 g/mol. The summed E-state index contributed by atoms with van der Waals surface area (Å²) >= 11 is 0. The number of aromatic nitrogens is 2. The molecule has 1 aliphatic rings. The zero-order valence-electron chi connectivity index (χ0n) is 12.5. The van der Waals surface area contributed by atoms with Crippen LogP contribution in [0.15, 0.2) is 0 Å². The third-order valence-corrected chi connectivity index (χ3v) is 5.02. The second-order valence-electron chi connectivity index (χ2n) is 6.51. The van der Waals surface area contributed by atoms with Crippen molar-refractivity contribution in [2.75, 3.05) is 0 Å². The molecule has 1 heterocycles. The van der Waals surface area contributed by atoms with Crippen LogP contribution in [0.1, 0.15) is 70.3 Å². The maximum Gasteiger partial charge on any atom is 0.0657 e. The monoisotopic (exact) mass is 248 g/mol. The lowest BCUT2D eigenvalue weighted by Crippen LogP contribution is -2.29. The van der Waals surface area contributed by atoms with Gasteiger partial charge >= 0.3 is 0 Å². The van der Waals surface area contributed by atoms with E-state index < -0.39 is 0 Å². The van der Waals surface area contributed by atoms with Gasteiger partial charge in [0.2, 0.25) is 0 Å². The van der Waals surface area contributed by atoms with Crippen molar-refractivity contribution < 1.29 is 0 Å². The van der Waals surface area contributed by atoms with E-state index in [4.69, 9.17) is 0 Å². The number of rotatable bonds is 5. The molecule has 1 aromatic rings. The van der Waals surface area contributed by atoms with E-state index in [1.165, 1.54) is 49.9 Å². The second-order valence-corrected chi connectivity index (χ2v) is 6.51. The number of unbranched alkanes of at least 4 members (excludes halogenated alkanes) is 1. The van der Waals surface area contributed by atoms with Crippen molar-refractivity contribution in [2.24, 2.45) is 11.3 Å². The van der Waals surface area contributed by atoms with E-state index in [1.807, 2.05) is 0 Å². The first-order valence-corrected chi connectivity index (χ1v) is 7.63. The van der Waals surface area contributed by atoms with Gasteiger partial charge in [-0.3, -0.25) is 5.10 Å². The van der Waals surface area contributed by atoms with Crippen LogP contribution in [0.4, 0.5) is 0 Å². The topological polar surface area (TPSA) is 28.7 Å². The average Bonchev–Trinajstić information content (AvgIpc) is 2.78. The zero-order valence-corrected chi connectivity index (χ0v) is 12.5. The molecule has 1 atom stereocenters. The smallest absolute Gasteiger partial charge is 0.0657 e. The molecule has 0 amide bonds. The fraction of sp³-hybridized carbons (Fsp3) is 0.812. The summed E-state index contributed by atoms with van der Waals surface area (Å²) in [5, 5.41) is 7.83. The first kappa shape index (κ1) is 13.6. The molecule has 2 nitrogen and oxygen atoms in total. The molecule has 0 radical (unpaired) electrons. The van der Waals surface area contributed by atoms with Gasteiger partial charge in [-0.05, 0) is 49.0 Å². The van der Waals surface area contributed by atoms with E-state index in [-0.39, 0.29) is 0 Å². The summed E-state index contributed by atoms with van der Waals surface area (Å²) in [6.07, 6.45) is 8.71. The summed E-state index contributed by atoms with van der Waals surface area (Å²) in [6.45, 7) is 9.42. The highest BCUT2D eigenvalue weighted by atomic mass is 15.1. The normalized spacial score (nSPS) is 19.9. The predicted octanol–water partition coefficient (Wildman–Crippen LogP) is 4.29. The highest BCUT2D eigenvalue weighted by Crippen LogP contribution is 2.40. The van der Waals surface area contributed by atoms with Crippen LogP contribution in [0.5, 0.6) is 0 Å². The minimum atomic E-state index is 0.469. The van der Waals surface area contributed by atoms with Crippen LogP contribution >= 0.6 is 0 Å². The third-order valence-electron chi connectivity index (χ3n) is 5.02. The number of nitrogens with zero attached hydrogens (tertiary/aromatic N) is 1. The van der Waals surface area contributed by atoms with E-state index in [2.05, 4.69) is 37.9 Å². The number of aromatic amines is 1. The Morgan fingerprint density at radius 2 is 2.11 bits per heavy atom. The minimum Gasteiger partial charge on any atom is -0.282 e. The number of nitrogens with one attached hydrogen (secondary N) is 1. The molecule has 0 spiro atoms. The molecule has 1 N–H and O–H groups in total. The lowest BCUT2D eigenvalue weighted by atomic mass is 9.69. The summed E-state index contributed by atoms with van der Waals surface area (Å²) in [5.41, 5.74) is 4.80. The van der Waals surface area contributed by atoms with Gasteiger partial charge in [0.1, 0.15) is 0 Å². The SMILES string of the molecule is CCCCc1n[nH]c2c1CC(C(C)(C)CC)CC2. The molecular formula is C16H28N2. The highest BCUT2D eigenvalue weighted by molar-refractivity contribution is 5.29. The van der Waals surface area contributed by atoms with E-state index >= 15 is 0 Å². The lowest BCUT2D eigenvalue weighted by molar-refractivity contribution is 0.182. The molecule has 0 aromatic carbocycles. The Morgan fingerprint density at radius 3 is 2.78 bits per heavy atom. The van der Waals surface area contributed by atoms with Crippen molar-refractivity contribution in [3.05, 3.63) is 17.0 Å². The largest absolute Gasteiger partial charge is 0.282 e. The van der Waals surface area contributed by atoms with Crippen molar-refractivity contribution in [2.45, 2.75) is 72.6 Å². The fourth-order valence-electron chi connectivity index (χ4n) is 3.07. The number of hydrogen-bond acceptors (Lipinski definition) is 1. The Balaban J connectivity index is 2.14. The molecule has 1 unspecified atom stereocenters. The van der Waals surface area contributed by atoms with Crippen LogP contribution in [0.2, 0.25) is 0 Å². The number of aryl methyl sites for hydroxylation is 2. The Hall–Kier alpha value is -0.790. The van der Waals surface area contributed by atoms with E-state index in [9.17, 15) is 0 Å². The number of fused-ring (bicyclic) bond motifs is 1. The Morgan fingerprint density at radius 1 is 1.33 bits per heavy atom. The molecule has 0 saturated carbocycles. The summed E-state index contributed by atoms with van der Waals surface area (Å²) in [6, 6.07) is 0. The van der Waals surface area contributed by atoms with Gasteiger partial charge in [-0.2, -0.15) is 5.10 Å². The molecule has 2 rings (SSSR count). The van der Waals surface area contributed by atoms with Crippen LogP contribution in [0, 0.1) is 11.3 Å². The van der Waals surface area contributed by atoms with Gasteiger partial charge in [-0.15, -0.1) is 0 Å². The summed E-state index contributed by atoms with van der Waals surface area (Å²) in [7, 11) is 0. The summed E-state index contributed by atoms with van der Waals surface area (Å²) in [5.74, 6) is 0.827. The second kappa shape index (κ2) is 5.46. The Labute approximate surface area is 112 Å². The maximum atomic E-state index is 4.55. The van der Waals surface area contributed by atoms with Crippen LogP contribution in [-0.4, -0.2) is 10.2 Å². The fourth-order valence-corrected chi connectivity index (χ4v) is 3.07. The quantitative estimate of drug-likeness (QED) is 0.827. The van der Waals surface area contributed by atoms with Crippen LogP contribution in [-0.2, 0) is 19.3 Å². The van der Waals surface area contributed by atoms with Crippen LogP contribution in [0.3, 0.4) is 0 Å². The van der Waals surface area contributed by atoms with E-state index in [0.717, 1.165) is 12.3 Å². The molecule has 0 fully saturated rings. The Kier molecular flexibility index (Phi) is 4.14. The maximum absolute atomic E-state index is 4.55. The van der Waals surface area contributed by atoms with Crippen molar-refractivity contribution in [3.8, 4) is 0 Å². The van der Waals surface area contributed by atoms with Gasteiger partial charge in [0.25, 0.3) is 0 Å². The molecule has 0 bridgehead atoms. The molecule has 0 saturated heterocycles. The van der Waals surface area contributed by atoms with Gasteiger partial charge in [-0.25, -0.2) is 0 Å². The summed E-state index contributed by atoms with van der Waals surface area (Å²) in [4.78, 5) is 0. The molecule has 2 heteroatoms. The van der Waals surface area contributed by atoms with E-state index in [1.54, 1.807) is 5.56 Å². The lowest BCUT2D eigenvalue weighted by Gasteiger charge is -2.36. The van der Waals surface area contributed by atoms with Gasteiger partial charge in [0, 0.05) is 5.69 Å². The van der Waals surface area contributed by atoms with Crippen molar-refractivity contribution in [1.82, 2.24) is 10.2 Å². The van der Waals surface area contributed by atoms with E-state index in [0.29, 0.717) is 5.41 Å². The predicted molar refractivity (Wildman–Crippen MR) is 76.8 cm³/mol. The van der Waals surface area contributed by atoms with Crippen molar-refractivity contribution >= 4 is 0 Å². The third kappa shape index (κ3) is 2.62. The molecule has 18 heavy (non-hydrogen) atoms. The van der Waals surface area contributed by atoms with Crippen LogP contribution in [0.25, 0.3) is 0 Å². The Bertz CT molecular complexity index is 390. The van der Waals surface area contributed by atoms with Crippen molar-refractivity contribution in [3.63, 3.8) is 0 Å². The zero-order chi connectivity index (χ0) is 13.2. The molecular weight excluding hydrogens is 220 g/mol. The van der Waals surface area contributed by atoms with Gasteiger partial charge in [-0.1, -0.05) is 40.5 Å². The van der Waals surface area contributed by atoms with Gasteiger partial charge < -0.3 is 0 Å². The molecule has 0 aliphatic heterocycles. The first-order valence-electron chi connectivity index (χ1n) is 7.63. The standard InChI is InChI=1S/C16H28N2/c1-5-7-8-14-13-11-12(16(3,4)6-2)9-10-15(13)18-17-14/h12H,5-11H2,1-4H3,(H,17,18). The van der Waals surface area contributed by atoms with Gasteiger partial charge in [0.15, 0.2) is 0 Å². The summed E-state index contributed by atoms with van der Waals surface area (Å²) < 4.78 is 0. The number of hydrogen-bond donors (Lipinski definition) is 1. The molecule has 102 valence electrons.